The molecular formula is C25H23Cl2N3O4. The van der Waals surface area contributed by atoms with E-state index in [2.05, 4.69) is 15.8 Å². The summed E-state index contributed by atoms with van der Waals surface area (Å²) in [6.07, 6.45) is 0. The minimum atomic E-state index is -0.944. The summed E-state index contributed by atoms with van der Waals surface area (Å²) in [6.45, 7) is 4.11. The molecule has 0 fully saturated rings. The number of hydrogen-bond acceptors (Lipinski definition) is 5. The summed E-state index contributed by atoms with van der Waals surface area (Å²) in [6, 6.07) is 17.8. The van der Waals surface area contributed by atoms with Crippen LogP contribution in [0.25, 0.3) is 0 Å². The van der Waals surface area contributed by atoms with Crippen LogP contribution in [0.1, 0.15) is 23.6 Å². The second-order valence-corrected chi connectivity index (χ2v) is 8.26. The molecule has 3 aromatic carbocycles. The Morgan fingerprint density at radius 2 is 1.59 bits per heavy atom. The van der Waals surface area contributed by atoms with Crippen LogP contribution < -0.4 is 20.2 Å². The fourth-order valence-corrected chi connectivity index (χ4v) is 3.45. The van der Waals surface area contributed by atoms with Gasteiger partial charge in [-0.1, -0.05) is 53.0 Å². The number of amides is 2. The van der Waals surface area contributed by atoms with Crippen molar-refractivity contribution in [2.45, 2.75) is 20.5 Å². The van der Waals surface area contributed by atoms with Crippen molar-refractivity contribution in [3.05, 3.63) is 87.4 Å². The van der Waals surface area contributed by atoms with Crippen LogP contribution in [0.5, 0.6) is 11.5 Å². The Labute approximate surface area is 207 Å². The number of aryl methyl sites for hydroxylation is 1. The van der Waals surface area contributed by atoms with Crippen LogP contribution in [-0.2, 0) is 16.2 Å². The van der Waals surface area contributed by atoms with Gasteiger partial charge in [-0.3, -0.25) is 9.59 Å². The van der Waals surface area contributed by atoms with Gasteiger partial charge in [0.15, 0.2) is 11.5 Å². The van der Waals surface area contributed by atoms with Crippen molar-refractivity contribution >= 4 is 46.4 Å². The number of benzene rings is 3. The van der Waals surface area contributed by atoms with Gasteiger partial charge in [0.25, 0.3) is 0 Å². The summed E-state index contributed by atoms with van der Waals surface area (Å²) < 4.78 is 11.3. The van der Waals surface area contributed by atoms with E-state index in [0.29, 0.717) is 45.1 Å². The van der Waals surface area contributed by atoms with Gasteiger partial charge in [-0.2, -0.15) is 5.10 Å². The predicted molar refractivity (Wildman–Crippen MR) is 134 cm³/mol. The minimum absolute atomic E-state index is 0.296. The summed E-state index contributed by atoms with van der Waals surface area (Å²) >= 11 is 11.8. The average molecular weight is 500 g/mol. The van der Waals surface area contributed by atoms with Crippen molar-refractivity contribution in [2.75, 3.05) is 12.4 Å². The molecule has 176 valence electrons. The van der Waals surface area contributed by atoms with Crippen LogP contribution in [0, 0.1) is 6.92 Å². The quantitative estimate of drug-likeness (QED) is 0.260. The molecular weight excluding hydrogens is 477 g/mol. The van der Waals surface area contributed by atoms with Crippen molar-refractivity contribution < 1.29 is 19.1 Å². The number of ether oxygens (including phenoxy) is 2. The molecule has 0 bridgehead atoms. The van der Waals surface area contributed by atoms with E-state index in [4.69, 9.17) is 32.7 Å². The lowest BCUT2D eigenvalue weighted by Gasteiger charge is -2.12. The lowest BCUT2D eigenvalue weighted by Crippen LogP contribution is -2.32. The molecule has 2 N–H and O–H groups in total. The van der Waals surface area contributed by atoms with E-state index < -0.39 is 11.8 Å². The Kier molecular flexibility index (Phi) is 8.51. The molecule has 0 radical (unpaired) electrons. The van der Waals surface area contributed by atoms with Crippen molar-refractivity contribution in [2.24, 2.45) is 5.10 Å². The third-order valence-electron chi connectivity index (χ3n) is 4.75. The highest BCUT2D eigenvalue weighted by atomic mass is 35.5. The molecule has 0 aromatic heterocycles. The van der Waals surface area contributed by atoms with Gasteiger partial charge in [-0.15, -0.1) is 0 Å². The van der Waals surface area contributed by atoms with E-state index in [0.717, 1.165) is 5.56 Å². The van der Waals surface area contributed by atoms with Crippen molar-refractivity contribution in [1.29, 1.82) is 0 Å². The van der Waals surface area contributed by atoms with Gasteiger partial charge >= 0.3 is 11.8 Å². The van der Waals surface area contributed by atoms with Crippen LogP contribution in [0.3, 0.4) is 0 Å². The zero-order chi connectivity index (χ0) is 24.7. The van der Waals surface area contributed by atoms with E-state index in [1.807, 2.05) is 31.2 Å². The van der Waals surface area contributed by atoms with Gasteiger partial charge < -0.3 is 14.8 Å². The summed E-state index contributed by atoms with van der Waals surface area (Å²) in [5.74, 6) is -0.767. The number of carbonyl (C=O) groups is 2. The van der Waals surface area contributed by atoms with Crippen molar-refractivity contribution in [3.8, 4) is 11.5 Å². The maximum absolute atomic E-state index is 12.1. The highest BCUT2D eigenvalue weighted by Gasteiger charge is 2.15. The number of rotatable bonds is 7. The number of anilines is 1. The van der Waals surface area contributed by atoms with E-state index in [9.17, 15) is 9.59 Å². The molecule has 9 heteroatoms. The molecule has 7 nitrogen and oxygen atoms in total. The molecule has 0 atom stereocenters. The van der Waals surface area contributed by atoms with Gasteiger partial charge in [0.05, 0.1) is 12.8 Å². The molecule has 0 aliphatic carbocycles. The Morgan fingerprint density at radius 3 is 2.24 bits per heavy atom. The van der Waals surface area contributed by atoms with E-state index in [1.165, 1.54) is 23.8 Å². The molecule has 0 unspecified atom stereocenters. The lowest BCUT2D eigenvalue weighted by molar-refractivity contribution is -0.136. The molecule has 0 heterocycles. The van der Waals surface area contributed by atoms with Crippen molar-refractivity contribution in [3.63, 3.8) is 0 Å². The first-order valence-corrected chi connectivity index (χ1v) is 11.0. The molecule has 0 saturated heterocycles. The summed E-state index contributed by atoms with van der Waals surface area (Å²) in [4.78, 5) is 24.3. The van der Waals surface area contributed by atoms with Gasteiger partial charge in [0.1, 0.15) is 6.61 Å². The molecule has 2 amide bonds. The molecule has 0 saturated carbocycles. The number of carbonyl (C=O) groups excluding carboxylic acids is 2. The second-order valence-electron chi connectivity index (χ2n) is 7.39. The smallest absolute Gasteiger partial charge is 0.329 e. The van der Waals surface area contributed by atoms with E-state index >= 15 is 0 Å². The number of hydrazone groups is 1. The highest BCUT2D eigenvalue weighted by molar-refractivity contribution is 6.40. The van der Waals surface area contributed by atoms with E-state index in [-0.39, 0.29) is 0 Å². The van der Waals surface area contributed by atoms with Gasteiger partial charge in [-0.25, -0.2) is 5.43 Å². The lowest BCUT2D eigenvalue weighted by atomic mass is 10.1. The second kappa shape index (κ2) is 11.5. The van der Waals surface area contributed by atoms with Gasteiger partial charge in [-0.05, 0) is 55.8 Å². The van der Waals surface area contributed by atoms with Crippen molar-refractivity contribution in [1.82, 2.24) is 5.43 Å². The number of methoxy groups -OCH3 is 1. The summed E-state index contributed by atoms with van der Waals surface area (Å²) in [5, 5.41) is 7.09. The number of nitrogens with zero attached hydrogens (tertiary/aromatic N) is 1. The Bertz CT molecular complexity index is 1210. The first kappa shape index (κ1) is 25.1. The topological polar surface area (TPSA) is 89.0 Å². The first-order chi connectivity index (χ1) is 16.2. The summed E-state index contributed by atoms with van der Waals surface area (Å²) in [7, 11) is 1.54. The molecule has 3 rings (SSSR count). The number of hydrogen-bond donors (Lipinski definition) is 2. The fraction of sp³-hybridized carbons (Fsp3) is 0.160. The Balaban J connectivity index is 1.62. The molecule has 0 spiro atoms. The van der Waals surface area contributed by atoms with Gasteiger partial charge in [0, 0.05) is 21.3 Å². The predicted octanol–water partition coefficient (Wildman–Crippen LogP) is 5.37. The monoisotopic (exact) mass is 499 g/mol. The first-order valence-electron chi connectivity index (χ1n) is 10.2. The normalized spacial score (nSPS) is 11.0. The largest absolute Gasteiger partial charge is 0.493 e. The molecule has 34 heavy (non-hydrogen) atoms. The standard InChI is InChI=1S/C25H23Cl2N3O4/c1-15-4-6-17(7-5-15)14-34-22-9-8-18(10-23(22)33-3)16(2)29-30-25(32)24(31)28-21-12-19(26)11-20(27)13-21/h4-13H,14H2,1-3H3,(H,28,31)(H,30,32)/b29-16+. The molecule has 0 aliphatic heterocycles. The van der Waals surface area contributed by atoms with Gasteiger partial charge in [0.2, 0.25) is 0 Å². The maximum Gasteiger partial charge on any atom is 0.329 e. The third kappa shape index (κ3) is 6.97. The SMILES string of the molecule is COc1cc(/C(C)=N/NC(=O)C(=O)Nc2cc(Cl)cc(Cl)c2)ccc1OCc1ccc(C)cc1. The average Bonchev–Trinajstić information content (AvgIpc) is 2.81. The maximum atomic E-state index is 12.1. The minimum Gasteiger partial charge on any atom is -0.493 e. The van der Waals surface area contributed by atoms with Crippen LogP contribution in [0.4, 0.5) is 5.69 Å². The van der Waals surface area contributed by atoms with Crippen LogP contribution in [0.15, 0.2) is 65.8 Å². The molecule has 3 aromatic rings. The Morgan fingerprint density at radius 1 is 0.912 bits per heavy atom. The van der Waals surface area contributed by atoms with E-state index in [1.54, 1.807) is 32.2 Å². The molecule has 0 aliphatic rings. The fourth-order valence-electron chi connectivity index (χ4n) is 2.92. The Hall–Kier alpha value is -3.55. The highest BCUT2D eigenvalue weighted by Crippen LogP contribution is 2.29. The van der Waals surface area contributed by atoms with Crippen LogP contribution in [-0.4, -0.2) is 24.6 Å². The zero-order valence-corrected chi connectivity index (χ0v) is 20.3. The van der Waals surface area contributed by atoms with Crippen LogP contribution in [0.2, 0.25) is 10.0 Å². The summed E-state index contributed by atoms with van der Waals surface area (Å²) in [5.41, 5.74) is 5.90. The number of halogens is 2. The number of nitrogens with one attached hydrogen (secondary N) is 2. The third-order valence-corrected chi connectivity index (χ3v) is 5.18. The van der Waals surface area contributed by atoms with Crippen LogP contribution >= 0.6 is 23.2 Å². The zero-order valence-electron chi connectivity index (χ0n) is 18.8.